The predicted molar refractivity (Wildman–Crippen MR) is 55.7 cm³/mol. The van der Waals surface area contributed by atoms with E-state index in [4.69, 9.17) is 5.11 Å². The average Bonchev–Trinajstić information content (AvgIpc) is 2.15. The van der Waals surface area contributed by atoms with Crippen molar-refractivity contribution in [2.45, 2.75) is 45.6 Å². The molecule has 1 saturated carbocycles. The van der Waals surface area contributed by atoms with Gasteiger partial charge in [0.2, 0.25) is 0 Å². The molecule has 2 N–H and O–H groups in total. The van der Waals surface area contributed by atoms with Gasteiger partial charge in [-0.25, -0.2) is 0 Å². The van der Waals surface area contributed by atoms with E-state index in [0.29, 0.717) is 18.6 Å². The number of hydrogen-bond acceptors (Lipinski definition) is 2. The Morgan fingerprint density at radius 3 is 2.31 bits per heavy atom. The van der Waals surface area contributed by atoms with E-state index < -0.39 is 0 Å². The van der Waals surface area contributed by atoms with Crippen molar-refractivity contribution in [2.24, 2.45) is 11.8 Å². The number of aliphatic hydroxyl groups excluding tert-OH is 1. The number of nitrogens with one attached hydrogen (secondary N) is 1. The van der Waals surface area contributed by atoms with Gasteiger partial charge >= 0.3 is 0 Å². The van der Waals surface area contributed by atoms with Crippen molar-refractivity contribution in [3.05, 3.63) is 0 Å². The molecule has 0 radical (unpaired) electrons. The van der Waals surface area contributed by atoms with Gasteiger partial charge in [-0.1, -0.05) is 13.8 Å². The van der Waals surface area contributed by atoms with Gasteiger partial charge in [-0.15, -0.1) is 0 Å². The van der Waals surface area contributed by atoms with Crippen LogP contribution in [0, 0.1) is 11.8 Å². The van der Waals surface area contributed by atoms with Gasteiger partial charge in [-0.2, -0.15) is 0 Å². The van der Waals surface area contributed by atoms with Crippen LogP contribution in [0.2, 0.25) is 0 Å². The van der Waals surface area contributed by atoms with Crippen molar-refractivity contribution in [3.63, 3.8) is 0 Å². The van der Waals surface area contributed by atoms with E-state index in [-0.39, 0.29) is 0 Å². The van der Waals surface area contributed by atoms with Crippen molar-refractivity contribution in [1.82, 2.24) is 5.32 Å². The van der Waals surface area contributed by atoms with E-state index in [1.165, 1.54) is 25.7 Å². The van der Waals surface area contributed by atoms with Crippen LogP contribution in [0.4, 0.5) is 0 Å². The molecule has 0 heterocycles. The molecule has 78 valence electrons. The quantitative estimate of drug-likeness (QED) is 0.700. The fourth-order valence-electron chi connectivity index (χ4n) is 1.95. The molecule has 0 spiro atoms. The van der Waals surface area contributed by atoms with E-state index in [0.717, 1.165) is 12.5 Å². The molecule has 0 atom stereocenters. The Balaban J connectivity index is 2.10. The molecule has 0 aromatic heterocycles. The molecule has 1 rings (SSSR count). The Hall–Kier alpha value is -0.0800. The number of hydrogen-bond donors (Lipinski definition) is 2. The van der Waals surface area contributed by atoms with E-state index >= 15 is 0 Å². The van der Waals surface area contributed by atoms with E-state index in [9.17, 15) is 0 Å². The molecule has 13 heavy (non-hydrogen) atoms. The summed E-state index contributed by atoms with van der Waals surface area (Å²) in [6.45, 7) is 6.00. The fourth-order valence-corrected chi connectivity index (χ4v) is 1.95. The molecule has 1 aliphatic rings. The SMILES string of the molecule is CC(C)CNC1CCC(CO)CC1. The second-order valence-corrected chi connectivity index (χ2v) is 4.70. The minimum Gasteiger partial charge on any atom is -0.396 e. The maximum Gasteiger partial charge on any atom is 0.0459 e. The third kappa shape index (κ3) is 4.10. The normalized spacial score (nSPS) is 29.5. The fraction of sp³-hybridized carbons (Fsp3) is 1.00. The zero-order valence-corrected chi connectivity index (χ0v) is 8.92. The molecule has 1 fully saturated rings. The van der Waals surface area contributed by atoms with Crippen molar-refractivity contribution in [3.8, 4) is 0 Å². The highest BCUT2D eigenvalue weighted by molar-refractivity contribution is 4.76. The average molecular weight is 185 g/mol. The largest absolute Gasteiger partial charge is 0.396 e. The van der Waals surface area contributed by atoms with Gasteiger partial charge in [0.15, 0.2) is 0 Å². The summed E-state index contributed by atoms with van der Waals surface area (Å²) < 4.78 is 0. The molecular weight excluding hydrogens is 162 g/mol. The summed E-state index contributed by atoms with van der Waals surface area (Å²) in [4.78, 5) is 0. The smallest absolute Gasteiger partial charge is 0.0459 e. The summed E-state index contributed by atoms with van der Waals surface area (Å²) in [5, 5.41) is 12.6. The van der Waals surface area contributed by atoms with Crippen molar-refractivity contribution in [2.75, 3.05) is 13.2 Å². The Labute approximate surface area is 81.7 Å². The minimum atomic E-state index is 0.386. The first-order chi connectivity index (χ1) is 6.22. The zero-order chi connectivity index (χ0) is 9.68. The van der Waals surface area contributed by atoms with Crippen LogP contribution >= 0.6 is 0 Å². The minimum absolute atomic E-state index is 0.386. The molecule has 0 bridgehead atoms. The highest BCUT2D eigenvalue weighted by Gasteiger charge is 2.19. The Morgan fingerprint density at radius 1 is 1.23 bits per heavy atom. The van der Waals surface area contributed by atoms with Gasteiger partial charge in [0.25, 0.3) is 0 Å². The predicted octanol–water partition coefficient (Wildman–Crippen LogP) is 1.78. The van der Waals surface area contributed by atoms with Crippen LogP contribution in [0.3, 0.4) is 0 Å². The van der Waals surface area contributed by atoms with Crippen molar-refractivity contribution in [1.29, 1.82) is 0 Å². The van der Waals surface area contributed by atoms with E-state index in [1.807, 2.05) is 0 Å². The molecule has 1 aliphatic carbocycles. The first kappa shape index (κ1) is 11.0. The number of aliphatic hydroxyl groups is 1. The highest BCUT2D eigenvalue weighted by Crippen LogP contribution is 2.23. The zero-order valence-electron chi connectivity index (χ0n) is 8.92. The van der Waals surface area contributed by atoms with Crippen molar-refractivity contribution >= 4 is 0 Å². The summed E-state index contributed by atoms with van der Waals surface area (Å²) in [5.74, 6) is 1.33. The van der Waals surface area contributed by atoms with Crippen LogP contribution in [0.15, 0.2) is 0 Å². The first-order valence-electron chi connectivity index (χ1n) is 5.56. The highest BCUT2D eigenvalue weighted by atomic mass is 16.3. The van der Waals surface area contributed by atoms with Crippen molar-refractivity contribution < 1.29 is 5.11 Å². The second kappa shape index (κ2) is 5.61. The lowest BCUT2D eigenvalue weighted by Gasteiger charge is -2.28. The molecule has 0 saturated heterocycles. The summed E-state index contributed by atoms with van der Waals surface area (Å²) in [5.41, 5.74) is 0. The lowest BCUT2D eigenvalue weighted by atomic mass is 9.86. The van der Waals surface area contributed by atoms with Gasteiger partial charge in [0, 0.05) is 12.6 Å². The van der Waals surface area contributed by atoms with Gasteiger partial charge in [0.1, 0.15) is 0 Å². The summed E-state index contributed by atoms with van der Waals surface area (Å²) >= 11 is 0. The molecule has 2 nitrogen and oxygen atoms in total. The molecule has 0 aromatic carbocycles. The van der Waals surface area contributed by atoms with E-state index in [2.05, 4.69) is 19.2 Å². The Bertz CT molecular complexity index is 128. The number of rotatable bonds is 4. The Morgan fingerprint density at radius 2 is 1.85 bits per heavy atom. The van der Waals surface area contributed by atoms with Crippen LogP contribution in [0.1, 0.15) is 39.5 Å². The molecule has 0 unspecified atom stereocenters. The molecule has 2 heteroatoms. The third-order valence-electron chi connectivity index (χ3n) is 2.92. The topological polar surface area (TPSA) is 32.3 Å². The maximum atomic E-state index is 8.98. The second-order valence-electron chi connectivity index (χ2n) is 4.70. The maximum absolute atomic E-state index is 8.98. The van der Waals surface area contributed by atoms with Crippen LogP contribution in [-0.2, 0) is 0 Å². The summed E-state index contributed by atoms with van der Waals surface area (Å²) in [6.07, 6.45) is 4.90. The van der Waals surface area contributed by atoms with Crippen LogP contribution in [0.5, 0.6) is 0 Å². The lowest BCUT2D eigenvalue weighted by Crippen LogP contribution is -2.35. The summed E-state index contributed by atoms with van der Waals surface area (Å²) in [6, 6.07) is 0.713. The molecule has 0 aromatic rings. The standard InChI is InChI=1S/C11H23NO/c1-9(2)7-12-11-5-3-10(8-13)4-6-11/h9-13H,3-8H2,1-2H3. The van der Waals surface area contributed by atoms with Crippen LogP contribution in [0.25, 0.3) is 0 Å². The van der Waals surface area contributed by atoms with Crippen LogP contribution < -0.4 is 5.32 Å². The molecule has 0 amide bonds. The van der Waals surface area contributed by atoms with Gasteiger partial charge in [-0.3, -0.25) is 0 Å². The Kier molecular flexibility index (Phi) is 4.74. The van der Waals surface area contributed by atoms with Crippen LogP contribution in [-0.4, -0.2) is 24.3 Å². The van der Waals surface area contributed by atoms with Gasteiger partial charge in [-0.05, 0) is 44.1 Å². The van der Waals surface area contributed by atoms with Gasteiger partial charge in [0.05, 0.1) is 0 Å². The summed E-state index contributed by atoms with van der Waals surface area (Å²) in [7, 11) is 0. The molecule has 0 aliphatic heterocycles. The van der Waals surface area contributed by atoms with E-state index in [1.54, 1.807) is 0 Å². The first-order valence-corrected chi connectivity index (χ1v) is 5.56. The van der Waals surface area contributed by atoms with Gasteiger partial charge < -0.3 is 10.4 Å². The lowest BCUT2D eigenvalue weighted by molar-refractivity contribution is 0.174. The third-order valence-corrected chi connectivity index (χ3v) is 2.92. The molecular formula is C11H23NO. The monoisotopic (exact) mass is 185 g/mol.